The van der Waals surface area contributed by atoms with Crippen molar-refractivity contribution in [3.05, 3.63) is 23.8 Å². The maximum Gasteiger partial charge on any atom is 0.0683 e. The highest BCUT2D eigenvalue weighted by Gasteiger charge is 2.62. The fraction of sp³-hybridized carbons (Fsp3) is 0.857. The first kappa shape index (κ1) is 23.5. The van der Waals surface area contributed by atoms with Crippen LogP contribution in [-0.2, 0) is 0 Å². The third-order valence-corrected chi connectivity index (χ3v) is 10.6. The summed E-state index contributed by atoms with van der Waals surface area (Å²) in [4.78, 5) is 0. The lowest BCUT2D eigenvalue weighted by Crippen LogP contribution is -2.58. The maximum atomic E-state index is 11.1. The highest BCUT2D eigenvalue weighted by atomic mass is 16.3. The predicted molar refractivity (Wildman–Crippen MR) is 126 cm³/mol. The third kappa shape index (κ3) is 3.67. The van der Waals surface area contributed by atoms with Crippen LogP contribution in [0.5, 0.6) is 0 Å². The number of aliphatic hydroxyl groups is 3. The number of hydrogen-bond donors (Lipinski definition) is 3. The van der Waals surface area contributed by atoms with Crippen LogP contribution in [0, 0.1) is 46.3 Å². The van der Waals surface area contributed by atoms with Gasteiger partial charge in [0.2, 0.25) is 0 Å². The van der Waals surface area contributed by atoms with E-state index >= 15 is 0 Å². The van der Waals surface area contributed by atoms with Crippen LogP contribution >= 0.6 is 0 Å². The molecule has 31 heavy (non-hydrogen) atoms. The van der Waals surface area contributed by atoms with Gasteiger partial charge in [-0.1, -0.05) is 51.5 Å². The summed E-state index contributed by atoms with van der Waals surface area (Å²) in [6.07, 6.45) is 10.6. The molecule has 0 aromatic heterocycles. The van der Waals surface area contributed by atoms with Crippen LogP contribution in [0.3, 0.4) is 0 Å². The highest BCUT2D eigenvalue weighted by Crippen LogP contribution is 2.67. The first-order chi connectivity index (χ1) is 14.6. The van der Waals surface area contributed by atoms with Gasteiger partial charge < -0.3 is 15.3 Å². The summed E-state index contributed by atoms with van der Waals surface area (Å²) in [5.74, 6) is 3.67. The van der Waals surface area contributed by atoms with Crippen molar-refractivity contribution in [1.82, 2.24) is 0 Å². The molecule has 0 heterocycles. The Morgan fingerprint density at radius 2 is 1.90 bits per heavy atom. The van der Waals surface area contributed by atoms with Gasteiger partial charge in [-0.2, -0.15) is 0 Å². The predicted octanol–water partition coefficient (Wildman–Crippen LogP) is 5.50. The summed E-state index contributed by atoms with van der Waals surface area (Å²) < 4.78 is 0. The second-order valence-corrected chi connectivity index (χ2v) is 12.2. The fourth-order valence-electron chi connectivity index (χ4n) is 8.70. The summed E-state index contributed by atoms with van der Waals surface area (Å²) in [6.45, 7) is 13.9. The molecule has 9 atom stereocenters. The van der Waals surface area contributed by atoms with E-state index < -0.39 is 17.6 Å². The monoisotopic (exact) mass is 430 g/mol. The van der Waals surface area contributed by atoms with Crippen LogP contribution < -0.4 is 0 Å². The molecular formula is C28H46O3. The van der Waals surface area contributed by atoms with Crippen molar-refractivity contribution in [2.24, 2.45) is 46.3 Å². The van der Waals surface area contributed by atoms with Crippen LogP contribution in [0.1, 0.15) is 85.5 Å². The topological polar surface area (TPSA) is 60.7 Å². The Balaban J connectivity index is 1.54. The van der Waals surface area contributed by atoms with Crippen molar-refractivity contribution in [3.63, 3.8) is 0 Å². The minimum Gasteiger partial charge on any atom is -0.395 e. The number of allylic oxidation sites excluding steroid dienone is 2. The zero-order chi connectivity index (χ0) is 22.6. The first-order valence-corrected chi connectivity index (χ1v) is 13.0. The zero-order valence-electron chi connectivity index (χ0n) is 20.3. The molecule has 0 bridgehead atoms. The molecule has 0 aromatic carbocycles. The number of hydrogen-bond acceptors (Lipinski definition) is 3. The van der Waals surface area contributed by atoms with E-state index in [0.29, 0.717) is 41.9 Å². The molecule has 0 aromatic rings. The summed E-state index contributed by atoms with van der Waals surface area (Å²) >= 11 is 0. The second kappa shape index (κ2) is 8.61. The summed E-state index contributed by atoms with van der Waals surface area (Å²) in [5, 5.41) is 31.9. The standard InChI is InChI=1S/C28H46O3/c1-17(2)18(3)6-7-19(4)23-10-11-24-22-9-8-20-14-21(30)15-26(31)28(20,16-29)25(22)12-13-27(23,24)5/h8,17,19,21-26,29-31H,3,6-7,9-16H2,1-2,4-5H3/t19-,21-,22+,23-,24+,25+,26+,27-,28+/m1/s1. The van der Waals surface area contributed by atoms with E-state index in [4.69, 9.17) is 0 Å². The molecule has 0 saturated heterocycles. The molecule has 0 aliphatic heterocycles. The molecule has 0 amide bonds. The smallest absolute Gasteiger partial charge is 0.0683 e. The molecule has 3 N–H and O–H groups in total. The Labute approximate surface area is 190 Å². The van der Waals surface area contributed by atoms with Crippen LogP contribution in [-0.4, -0.2) is 34.1 Å². The average Bonchev–Trinajstić information content (AvgIpc) is 3.08. The van der Waals surface area contributed by atoms with Crippen LogP contribution in [0.25, 0.3) is 0 Å². The van der Waals surface area contributed by atoms with E-state index in [1.807, 2.05) is 0 Å². The van der Waals surface area contributed by atoms with Crippen molar-refractivity contribution in [3.8, 4) is 0 Å². The highest BCUT2D eigenvalue weighted by molar-refractivity contribution is 5.29. The Morgan fingerprint density at radius 1 is 1.16 bits per heavy atom. The average molecular weight is 431 g/mol. The van der Waals surface area contributed by atoms with E-state index in [0.717, 1.165) is 36.7 Å². The summed E-state index contributed by atoms with van der Waals surface area (Å²) in [7, 11) is 0. The molecule has 4 aliphatic rings. The molecule has 4 aliphatic carbocycles. The van der Waals surface area contributed by atoms with Crippen molar-refractivity contribution < 1.29 is 15.3 Å². The van der Waals surface area contributed by atoms with Gasteiger partial charge in [0.25, 0.3) is 0 Å². The lowest BCUT2D eigenvalue weighted by molar-refractivity contribution is -0.133. The van der Waals surface area contributed by atoms with Crippen molar-refractivity contribution in [2.75, 3.05) is 6.61 Å². The van der Waals surface area contributed by atoms with Crippen LogP contribution in [0.2, 0.25) is 0 Å². The van der Waals surface area contributed by atoms with E-state index in [2.05, 4.69) is 40.3 Å². The third-order valence-electron chi connectivity index (χ3n) is 10.6. The molecule has 0 spiro atoms. The van der Waals surface area contributed by atoms with Gasteiger partial charge in [0.15, 0.2) is 0 Å². The number of rotatable bonds is 6. The minimum atomic E-state index is -0.622. The van der Waals surface area contributed by atoms with Crippen molar-refractivity contribution >= 4 is 0 Å². The molecule has 0 unspecified atom stereocenters. The van der Waals surface area contributed by atoms with Crippen molar-refractivity contribution in [1.29, 1.82) is 0 Å². The minimum absolute atomic E-state index is 0.0223. The van der Waals surface area contributed by atoms with Gasteiger partial charge >= 0.3 is 0 Å². The second-order valence-electron chi connectivity index (χ2n) is 12.2. The summed E-state index contributed by atoms with van der Waals surface area (Å²) in [6, 6.07) is 0. The van der Waals surface area contributed by atoms with E-state index in [1.54, 1.807) is 0 Å². The first-order valence-electron chi connectivity index (χ1n) is 13.0. The van der Waals surface area contributed by atoms with Gasteiger partial charge in [-0.05, 0) is 92.3 Å². The van der Waals surface area contributed by atoms with E-state index in [1.165, 1.54) is 31.3 Å². The lowest BCUT2D eigenvalue weighted by atomic mass is 9.46. The molecular weight excluding hydrogens is 384 g/mol. The van der Waals surface area contributed by atoms with Gasteiger partial charge in [0.1, 0.15) is 0 Å². The SMILES string of the molecule is C=C(CC[C@@H](C)[C@H]1CC[C@H]2[C@@H]3CC=C4C[C@@H](O)C[C@H](O)[C@]4(CO)[C@H]3CC[C@]12C)C(C)C. The Kier molecular flexibility index (Phi) is 6.53. The molecule has 3 nitrogen and oxygen atoms in total. The lowest BCUT2D eigenvalue weighted by Gasteiger charge is -2.60. The van der Waals surface area contributed by atoms with Gasteiger partial charge in [-0.15, -0.1) is 0 Å². The zero-order valence-corrected chi connectivity index (χ0v) is 20.3. The van der Waals surface area contributed by atoms with E-state index in [9.17, 15) is 15.3 Å². The maximum absolute atomic E-state index is 11.1. The Hall–Kier alpha value is -0.640. The normalized spacial score (nSPS) is 45.5. The molecule has 3 heteroatoms. The Morgan fingerprint density at radius 3 is 2.58 bits per heavy atom. The van der Waals surface area contributed by atoms with Crippen LogP contribution in [0.15, 0.2) is 23.8 Å². The number of aliphatic hydroxyl groups excluding tert-OH is 3. The van der Waals surface area contributed by atoms with Gasteiger partial charge in [-0.25, -0.2) is 0 Å². The fourth-order valence-corrected chi connectivity index (χ4v) is 8.70. The van der Waals surface area contributed by atoms with Gasteiger partial charge in [0.05, 0.1) is 18.8 Å². The molecule has 3 fully saturated rings. The van der Waals surface area contributed by atoms with Crippen molar-refractivity contribution in [2.45, 2.75) is 97.7 Å². The molecule has 3 saturated carbocycles. The summed E-state index contributed by atoms with van der Waals surface area (Å²) in [5.41, 5.74) is 2.39. The molecule has 0 radical (unpaired) electrons. The van der Waals surface area contributed by atoms with E-state index in [-0.39, 0.29) is 6.61 Å². The molecule has 176 valence electrons. The Bertz CT molecular complexity index is 711. The quantitative estimate of drug-likeness (QED) is 0.488. The number of fused-ring (bicyclic) bond motifs is 5. The largest absolute Gasteiger partial charge is 0.395 e. The molecule has 4 rings (SSSR count). The van der Waals surface area contributed by atoms with Gasteiger partial charge in [-0.3, -0.25) is 0 Å². The van der Waals surface area contributed by atoms with Gasteiger partial charge in [0, 0.05) is 11.8 Å². The van der Waals surface area contributed by atoms with Crippen LogP contribution in [0.4, 0.5) is 0 Å².